The van der Waals surface area contributed by atoms with Gasteiger partial charge in [-0.1, -0.05) is 57.2 Å². The third-order valence-electron chi connectivity index (χ3n) is 4.61. The van der Waals surface area contributed by atoms with Crippen molar-refractivity contribution >= 4 is 16.6 Å². The molecule has 0 spiro atoms. The highest BCUT2D eigenvalue weighted by Crippen LogP contribution is 2.24. The lowest BCUT2D eigenvalue weighted by Crippen LogP contribution is -2.00. The minimum absolute atomic E-state index is 0.145. The van der Waals surface area contributed by atoms with Crippen molar-refractivity contribution in [2.75, 3.05) is 0 Å². The van der Waals surface area contributed by atoms with Crippen LogP contribution in [0.25, 0.3) is 16.6 Å². The number of fused-ring (bicyclic) bond motifs is 3. The lowest BCUT2D eigenvalue weighted by molar-refractivity contribution is 0.647. The predicted octanol–water partition coefficient (Wildman–Crippen LogP) is 4.63. The number of rotatable bonds is 4. The Kier molecular flexibility index (Phi) is 3.96. The summed E-state index contributed by atoms with van der Waals surface area (Å²) in [5.74, 6) is 1.64. The number of benzene rings is 2. The summed E-state index contributed by atoms with van der Waals surface area (Å²) < 4.78 is 1.78. The molecule has 4 aromatic rings. The molecule has 0 N–H and O–H groups in total. The zero-order chi connectivity index (χ0) is 17.4. The summed E-state index contributed by atoms with van der Waals surface area (Å²) in [6.45, 7) is 6.65. The molecule has 0 fully saturated rings. The van der Waals surface area contributed by atoms with E-state index in [2.05, 4.69) is 55.1 Å². The third kappa shape index (κ3) is 3.00. The molecule has 2 aromatic heterocycles. The highest BCUT2D eigenvalue weighted by molar-refractivity contribution is 5.90. The van der Waals surface area contributed by atoms with Gasteiger partial charge in [-0.15, -0.1) is 5.10 Å². The molecule has 0 aliphatic rings. The first-order valence-electron chi connectivity index (χ1n) is 8.80. The molecule has 4 heteroatoms. The molecule has 0 bridgehead atoms. The van der Waals surface area contributed by atoms with Crippen LogP contribution < -0.4 is 0 Å². The third-order valence-corrected chi connectivity index (χ3v) is 4.61. The molecule has 2 heterocycles. The lowest BCUT2D eigenvalue weighted by Gasteiger charge is -2.10. The molecule has 0 saturated heterocycles. The zero-order valence-corrected chi connectivity index (χ0v) is 14.8. The molecule has 2 aromatic carbocycles. The van der Waals surface area contributed by atoms with E-state index in [0.29, 0.717) is 5.92 Å². The Hall–Kier alpha value is -2.75. The Balaban J connectivity index is 1.70. The Morgan fingerprint density at radius 3 is 2.48 bits per heavy atom. The van der Waals surface area contributed by atoms with Gasteiger partial charge in [0.05, 0.1) is 5.52 Å². The molecule has 0 amide bonds. The SMILES string of the molecule is CC(C)Cc1ccc(C(C)c2nc3c4ccccc4ncn3n2)cc1. The van der Waals surface area contributed by atoms with E-state index in [1.54, 1.807) is 10.8 Å². The van der Waals surface area contributed by atoms with Gasteiger partial charge in [0.15, 0.2) is 11.5 Å². The molecular weight excluding hydrogens is 308 g/mol. The Bertz CT molecular complexity index is 1020. The fourth-order valence-corrected chi connectivity index (χ4v) is 3.24. The molecule has 1 unspecified atom stereocenters. The van der Waals surface area contributed by atoms with Gasteiger partial charge in [0.2, 0.25) is 0 Å². The van der Waals surface area contributed by atoms with Gasteiger partial charge in [-0.3, -0.25) is 0 Å². The number of hydrogen-bond donors (Lipinski definition) is 0. The maximum atomic E-state index is 4.80. The van der Waals surface area contributed by atoms with Crippen LogP contribution in [0.4, 0.5) is 0 Å². The fraction of sp³-hybridized carbons (Fsp3) is 0.286. The first kappa shape index (κ1) is 15.8. The summed E-state index contributed by atoms with van der Waals surface area (Å²) in [6.07, 6.45) is 2.85. The first-order chi connectivity index (χ1) is 12.1. The van der Waals surface area contributed by atoms with E-state index in [4.69, 9.17) is 4.98 Å². The Morgan fingerprint density at radius 1 is 0.960 bits per heavy atom. The molecule has 0 saturated carbocycles. The van der Waals surface area contributed by atoms with Crippen LogP contribution >= 0.6 is 0 Å². The summed E-state index contributed by atoms with van der Waals surface area (Å²) in [7, 11) is 0. The van der Waals surface area contributed by atoms with E-state index in [1.807, 2.05) is 24.3 Å². The molecule has 0 radical (unpaired) electrons. The van der Waals surface area contributed by atoms with Crippen molar-refractivity contribution in [2.24, 2.45) is 5.92 Å². The van der Waals surface area contributed by atoms with Crippen LogP contribution in [0.15, 0.2) is 54.9 Å². The summed E-state index contributed by atoms with van der Waals surface area (Å²) in [4.78, 5) is 9.25. The van der Waals surface area contributed by atoms with Crippen molar-refractivity contribution < 1.29 is 0 Å². The fourth-order valence-electron chi connectivity index (χ4n) is 3.24. The van der Waals surface area contributed by atoms with Gasteiger partial charge in [0, 0.05) is 11.3 Å². The van der Waals surface area contributed by atoms with E-state index < -0.39 is 0 Å². The van der Waals surface area contributed by atoms with Crippen LogP contribution in [0.1, 0.15) is 43.6 Å². The molecule has 0 aliphatic heterocycles. The predicted molar refractivity (Wildman–Crippen MR) is 101 cm³/mol. The van der Waals surface area contributed by atoms with E-state index in [-0.39, 0.29) is 5.92 Å². The van der Waals surface area contributed by atoms with Gasteiger partial charge in [-0.25, -0.2) is 14.5 Å². The van der Waals surface area contributed by atoms with Crippen molar-refractivity contribution in [3.63, 3.8) is 0 Å². The van der Waals surface area contributed by atoms with Crippen LogP contribution in [0, 0.1) is 5.92 Å². The standard InChI is InChI=1S/C21H22N4/c1-14(2)12-16-8-10-17(11-9-16)15(3)20-23-21-18-6-4-5-7-19(18)22-13-25(21)24-20/h4-11,13-15H,12H2,1-3H3. The summed E-state index contributed by atoms with van der Waals surface area (Å²) in [5.41, 5.74) is 4.42. The topological polar surface area (TPSA) is 43.1 Å². The van der Waals surface area contributed by atoms with Gasteiger partial charge >= 0.3 is 0 Å². The maximum Gasteiger partial charge on any atom is 0.166 e. The zero-order valence-electron chi connectivity index (χ0n) is 14.8. The van der Waals surface area contributed by atoms with Crippen LogP contribution in [0.5, 0.6) is 0 Å². The van der Waals surface area contributed by atoms with Crippen molar-refractivity contribution in [3.8, 4) is 0 Å². The Labute approximate surface area is 147 Å². The van der Waals surface area contributed by atoms with Crippen LogP contribution in [0.3, 0.4) is 0 Å². The number of hydrogen-bond acceptors (Lipinski definition) is 3. The second kappa shape index (κ2) is 6.28. The quantitative estimate of drug-likeness (QED) is 0.548. The Morgan fingerprint density at radius 2 is 1.72 bits per heavy atom. The highest BCUT2D eigenvalue weighted by atomic mass is 15.3. The van der Waals surface area contributed by atoms with Gasteiger partial charge in [-0.2, -0.15) is 0 Å². The van der Waals surface area contributed by atoms with Gasteiger partial charge in [-0.05, 0) is 35.6 Å². The summed E-state index contributed by atoms with van der Waals surface area (Å²) in [5, 5.41) is 5.68. The van der Waals surface area contributed by atoms with E-state index in [0.717, 1.165) is 28.8 Å². The van der Waals surface area contributed by atoms with Gasteiger partial charge in [0.25, 0.3) is 0 Å². The minimum Gasteiger partial charge on any atom is -0.236 e. The number of para-hydroxylation sites is 1. The van der Waals surface area contributed by atoms with Gasteiger partial charge < -0.3 is 0 Å². The average Bonchev–Trinajstić information content (AvgIpc) is 3.06. The summed E-state index contributed by atoms with van der Waals surface area (Å²) >= 11 is 0. The second-order valence-electron chi connectivity index (χ2n) is 7.06. The molecule has 1 atom stereocenters. The minimum atomic E-state index is 0.145. The summed E-state index contributed by atoms with van der Waals surface area (Å²) in [6, 6.07) is 16.9. The molecular formula is C21H22N4. The van der Waals surface area contributed by atoms with Crippen molar-refractivity contribution in [3.05, 3.63) is 71.8 Å². The highest BCUT2D eigenvalue weighted by Gasteiger charge is 2.16. The molecule has 25 heavy (non-hydrogen) atoms. The smallest absolute Gasteiger partial charge is 0.166 e. The normalized spacial score (nSPS) is 13.0. The molecule has 4 nitrogen and oxygen atoms in total. The van der Waals surface area contributed by atoms with Crippen LogP contribution in [-0.2, 0) is 6.42 Å². The largest absolute Gasteiger partial charge is 0.236 e. The number of nitrogens with zero attached hydrogens (tertiary/aromatic N) is 4. The van der Waals surface area contributed by atoms with E-state index in [9.17, 15) is 0 Å². The van der Waals surface area contributed by atoms with Crippen molar-refractivity contribution in [1.29, 1.82) is 0 Å². The monoisotopic (exact) mass is 330 g/mol. The van der Waals surface area contributed by atoms with Crippen LogP contribution in [0.2, 0.25) is 0 Å². The average molecular weight is 330 g/mol. The lowest BCUT2D eigenvalue weighted by atomic mass is 9.96. The molecule has 0 aliphatic carbocycles. The first-order valence-corrected chi connectivity index (χ1v) is 8.80. The maximum absolute atomic E-state index is 4.80. The molecule has 4 rings (SSSR count). The number of aromatic nitrogens is 4. The van der Waals surface area contributed by atoms with E-state index in [1.165, 1.54) is 11.1 Å². The van der Waals surface area contributed by atoms with Gasteiger partial charge in [0.1, 0.15) is 6.33 Å². The van der Waals surface area contributed by atoms with Crippen molar-refractivity contribution in [1.82, 2.24) is 19.6 Å². The molecule has 126 valence electrons. The second-order valence-corrected chi connectivity index (χ2v) is 7.06. The van der Waals surface area contributed by atoms with Crippen molar-refractivity contribution in [2.45, 2.75) is 33.1 Å². The van der Waals surface area contributed by atoms with Crippen LogP contribution in [-0.4, -0.2) is 19.6 Å². The van der Waals surface area contributed by atoms with E-state index >= 15 is 0 Å².